The summed E-state index contributed by atoms with van der Waals surface area (Å²) in [7, 11) is 1.26. The van der Waals surface area contributed by atoms with E-state index >= 15 is 0 Å². The summed E-state index contributed by atoms with van der Waals surface area (Å²) in [5.41, 5.74) is -1.21. The first-order valence-electron chi connectivity index (χ1n) is 5.70. The Bertz CT molecular complexity index is 630. The van der Waals surface area contributed by atoms with Crippen LogP contribution in [0.2, 0.25) is 0 Å². The molecule has 0 aromatic carbocycles. The van der Waals surface area contributed by atoms with E-state index in [2.05, 4.69) is 5.32 Å². The first kappa shape index (κ1) is 15.6. The zero-order chi connectivity index (χ0) is 15.4. The number of rotatable bonds is 5. The van der Waals surface area contributed by atoms with E-state index in [4.69, 9.17) is 5.11 Å². The van der Waals surface area contributed by atoms with Gasteiger partial charge in [-0.1, -0.05) is 0 Å². The lowest BCUT2D eigenvalue weighted by Crippen LogP contribution is -2.49. The van der Waals surface area contributed by atoms with E-state index in [1.807, 2.05) is 0 Å². The second kappa shape index (κ2) is 6.15. The van der Waals surface area contributed by atoms with Gasteiger partial charge in [-0.05, 0) is 6.92 Å². The van der Waals surface area contributed by atoms with Crippen molar-refractivity contribution in [3.8, 4) is 0 Å². The number of carbonyl (C=O) groups excluding carboxylic acids is 1. The molecule has 2 atom stereocenters. The Balaban J connectivity index is 2.87. The minimum absolute atomic E-state index is 0.455. The quantitative estimate of drug-likeness (QED) is 0.548. The van der Waals surface area contributed by atoms with Crippen LogP contribution in [0.25, 0.3) is 0 Å². The molecule has 0 fully saturated rings. The number of aromatic nitrogens is 2. The van der Waals surface area contributed by atoms with E-state index in [1.165, 1.54) is 14.0 Å². The van der Waals surface area contributed by atoms with Gasteiger partial charge < -0.3 is 15.5 Å². The third-order valence-electron chi connectivity index (χ3n) is 2.64. The van der Waals surface area contributed by atoms with Crippen molar-refractivity contribution >= 4 is 11.9 Å². The van der Waals surface area contributed by atoms with E-state index in [0.29, 0.717) is 0 Å². The monoisotopic (exact) mass is 285 g/mol. The van der Waals surface area contributed by atoms with Crippen molar-refractivity contribution in [3.63, 3.8) is 0 Å². The van der Waals surface area contributed by atoms with Crippen molar-refractivity contribution in [3.05, 3.63) is 33.1 Å². The summed E-state index contributed by atoms with van der Waals surface area (Å²) in [6.07, 6.45) is -0.143. The normalized spacial score (nSPS) is 13.6. The van der Waals surface area contributed by atoms with Crippen LogP contribution in [0.15, 0.2) is 21.9 Å². The van der Waals surface area contributed by atoms with E-state index in [-0.39, 0.29) is 0 Å². The van der Waals surface area contributed by atoms with Gasteiger partial charge in [0.1, 0.15) is 6.54 Å². The fourth-order valence-electron chi connectivity index (χ4n) is 1.50. The molecular weight excluding hydrogens is 270 g/mol. The second-order valence-electron chi connectivity index (χ2n) is 4.25. The Labute approximate surface area is 113 Å². The number of carboxylic acid groups (broad SMARTS) is 1. The molecule has 1 aromatic heterocycles. The number of aliphatic hydroxyl groups is 1. The third-order valence-corrected chi connectivity index (χ3v) is 2.64. The van der Waals surface area contributed by atoms with Crippen molar-refractivity contribution < 1.29 is 19.8 Å². The summed E-state index contributed by atoms with van der Waals surface area (Å²) < 4.78 is 1.77. The SMILES string of the molecule is CC(O)C(NC(=O)Cn1ccc(=O)n(C)c1=O)C(=O)O. The molecule has 1 aromatic rings. The van der Waals surface area contributed by atoms with E-state index in [1.54, 1.807) is 0 Å². The summed E-state index contributed by atoms with van der Waals surface area (Å²) in [5, 5.41) is 20.1. The van der Waals surface area contributed by atoms with Crippen molar-refractivity contribution in [2.75, 3.05) is 0 Å². The maximum absolute atomic E-state index is 11.7. The lowest BCUT2D eigenvalue weighted by molar-refractivity contribution is -0.144. The number of amides is 1. The molecule has 1 rings (SSSR count). The number of aliphatic hydroxyl groups excluding tert-OH is 1. The lowest BCUT2D eigenvalue weighted by Gasteiger charge is -2.17. The van der Waals surface area contributed by atoms with Gasteiger partial charge in [0.15, 0.2) is 6.04 Å². The zero-order valence-electron chi connectivity index (χ0n) is 10.9. The van der Waals surface area contributed by atoms with Gasteiger partial charge in [-0.3, -0.25) is 18.7 Å². The molecule has 0 aliphatic heterocycles. The van der Waals surface area contributed by atoms with E-state index < -0.39 is 41.8 Å². The van der Waals surface area contributed by atoms with Gasteiger partial charge in [0.05, 0.1) is 6.10 Å². The van der Waals surface area contributed by atoms with Crippen molar-refractivity contribution in [1.82, 2.24) is 14.5 Å². The molecule has 9 nitrogen and oxygen atoms in total. The van der Waals surface area contributed by atoms with Crippen molar-refractivity contribution in [2.24, 2.45) is 7.05 Å². The topological polar surface area (TPSA) is 131 Å². The minimum Gasteiger partial charge on any atom is -0.480 e. The summed E-state index contributed by atoms with van der Waals surface area (Å²) in [6, 6.07) is -0.358. The molecule has 0 radical (unpaired) electrons. The summed E-state index contributed by atoms with van der Waals surface area (Å²) in [4.78, 5) is 45.3. The standard InChI is InChI=1S/C11H15N3O6/c1-6(15)9(10(18)19)12-7(16)5-14-4-3-8(17)13(2)11(14)20/h3-4,6,9,15H,5H2,1-2H3,(H,12,16)(H,18,19). The van der Waals surface area contributed by atoms with Crippen LogP contribution in [0.3, 0.4) is 0 Å². The molecule has 110 valence electrons. The Morgan fingerprint density at radius 2 is 2.00 bits per heavy atom. The van der Waals surface area contributed by atoms with Gasteiger partial charge in [-0.15, -0.1) is 0 Å². The summed E-state index contributed by atoms with van der Waals surface area (Å²) in [5.74, 6) is -2.15. The molecule has 1 amide bonds. The highest BCUT2D eigenvalue weighted by molar-refractivity contribution is 5.83. The first-order chi connectivity index (χ1) is 9.23. The number of hydrogen-bond acceptors (Lipinski definition) is 5. The molecule has 0 bridgehead atoms. The molecule has 0 aliphatic carbocycles. The largest absolute Gasteiger partial charge is 0.480 e. The second-order valence-corrected chi connectivity index (χ2v) is 4.25. The number of hydrogen-bond donors (Lipinski definition) is 3. The van der Waals surface area contributed by atoms with Crippen LogP contribution in [-0.2, 0) is 23.2 Å². The molecule has 1 heterocycles. The van der Waals surface area contributed by atoms with Gasteiger partial charge in [0.25, 0.3) is 5.56 Å². The highest BCUT2D eigenvalue weighted by Crippen LogP contribution is 1.93. The molecule has 0 aliphatic rings. The smallest absolute Gasteiger partial charge is 0.331 e. The third kappa shape index (κ3) is 3.54. The fourth-order valence-corrected chi connectivity index (χ4v) is 1.50. The van der Waals surface area contributed by atoms with Crippen LogP contribution in [0.4, 0.5) is 0 Å². The van der Waals surface area contributed by atoms with Crippen LogP contribution in [0.1, 0.15) is 6.92 Å². The lowest BCUT2D eigenvalue weighted by atomic mass is 10.2. The van der Waals surface area contributed by atoms with Gasteiger partial charge in [-0.25, -0.2) is 9.59 Å². The number of carbonyl (C=O) groups is 2. The average Bonchev–Trinajstić information content (AvgIpc) is 2.36. The van der Waals surface area contributed by atoms with Gasteiger partial charge >= 0.3 is 11.7 Å². The predicted molar refractivity (Wildman–Crippen MR) is 67.2 cm³/mol. The zero-order valence-corrected chi connectivity index (χ0v) is 10.9. The van der Waals surface area contributed by atoms with Gasteiger partial charge in [0, 0.05) is 19.3 Å². The average molecular weight is 285 g/mol. The Morgan fingerprint density at radius 1 is 1.40 bits per heavy atom. The van der Waals surface area contributed by atoms with Crippen molar-refractivity contribution in [2.45, 2.75) is 25.6 Å². The molecule has 9 heteroatoms. The van der Waals surface area contributed by atoms with Crippen LogP contribution in [0.5, 0.6) is 0 Å². The van der Waals surface area contributed by atoms with Crippen LogP contribution in [-0.4, -0.2) is 43.4 Å². The highest BCUT2D eigenvalue weighted by atomic mass is 16.4. The number of nitrogens with one attached hydrogen (secondary N) is 1. The van der Waals surface area contributed by atoms with Crippen LogP contribution in [0, 0.1) is 0 Å². The minimum atomic E-state index is -1.47. The molecule has 2 unspecified atom stereocenters. The number of aliphatic carboxylic acids is 1. The molecule has 3 N–H and O–H groups in total. The summed E-state index contributed by atoms with van der Waals surface area (Å²) in [6.45, 7) is 0.765. The van der Waals surface area contributed by atoms with Gasteiger partial charge in [-0.2, -0.15) is 0 Å². The predicted octanol–water partition coefficient (Wildman–Crippen LogP) is -2.50. The Kier molecular flexibility index (Phi) is 4.81. The Morgan fingerprint density at radius 3 is 2.50 bits per heavy atom. The van der Waals surface area contributed by atoms with Gasteiger partial charge in [0.2, 0.25) is 5.91 Å². The number of carboxylic acids is 1. The molecular formula is C11H15N3O6. The van der Waals surface area contributed by atoms with Crippen LogP contribution >= 0.6 is 0 Å². The van der Waals surface area contributed by atoms with E-state index in [0.717, 1.165) is 21.4 Å². The Hall–Kier alpha value is -2.42. The maximum atomic E-state index is 11.7. The fraction of sp³-hybridized carbons (Fsp3) is 0.455. The molecule has 20 heavy (non-hydrogen) atoms. The molecule has 0 saturated carbocycles. The molecule has 0 saturated heterocycles. The number of nitrogens with zero attached hydrogens (tertiary/aromatic N) is 2. The van der Waals surface area contributed by atoms with Crippen molar-refractivity contribution in [1.29, 1.82) is 0 Å². The summed E-state index contributed by atoms with van der Waals surface area (Å²) >= 11 is 0. The van der Waals surface area contributed by atoms with Crippen LogP contribution < -0.4 is 16.6 Å². The first-order valence-corrected chi connectivity index (χ1v) is 5.70. The van der Waals surface area contributed by atoms with E-state index in [9.17, 15) is 24.3 Å². The maximum Gasteiger partial charge on any atom is 0.331 e. The molecule has 0 spiro atoms. The highest BCUT2D eigenvalue weighted by Gasteiger charge is 2.25.